The molecule has 0 saturated carbocycles. The Hall–Kier alpha value is -10.7. The maximum atomic E-state index is 7.14. The largest absolute Gasteiger partial charge is 0.455 e. The minimum atomic E-state index is -0.391. The van der Waals surface area contributed by atoms with E-state index in [1.54, 1.807) is 0 Å². The number of para-hydroxylation sites is 2. The third-order valence-corrected chi connectivity index (χ3v) is 24.9. The predicted molar refractivity (Wildman–Crippen MR) is 407 cm³/mol. The number of anilines is 3. The van der Waals surface area contributed by atoms with Crippen LogP contribution >= 0.6 is 0 Å². The van der Waals surface area contributed by atoms with Crippen molar-refractivity contribution in [3.63, 3.8) is 0 Å². The van der Waals surface area contributed by atoms with Crippen LogP contribution in [0.5, 0.6) is 0 Å². The van der Waals surface area contributed by atoms with Crippen LogP contribution < -0.4 is 4.90 Å². The van der Waals surface area contributed by atoms with E-state index in [2.05, 4.69) is 311 Å². The summed E-state index contributed by atoms with van der Waals surface area (Å²) < 4.78 is 14.2. The van der Waals surface area contributed by atoms with Gasteiger partial charge in [0.05, 0.1) is 0 Å². The highest BCUT2D eigenvalue weighted by atomic mass is 16.3. The van der Waals surface area contributed by atoms with Crippen molar-refractivity contribution >= 4 is 60.9 Å². The number of rotatable bonds is 5. The summed E-state index contributed by atoms with van der Waals surface area (Å²) in [7, 11) is 0. The van der Waals surface area contributed by atoms with Gasteiger partial charge in [-0.1, -0.05) is 239 Å². The van der Waals surface area contributed by atoms with Crippen LogP contribution in [0.4, 0.5) is 17.1 Å². The van der Waals surface area contributed by atoms with E-state index < -0.39 is 10.8 Å². The zero-order valence-electron chi connectivity index (χ0n) is 57.2. The number of hydrogen-bond acceptors (Lipinski definition) is 3. The molecule has 13 aromatic carbocycles. The first-order valence-electron chi connectivity index (χ1n) is 35.3. The van der Waals surface area contributed by atoms with Crippen LogP contribution in [-0.4, -0.2) is 0 Å². The minimum absolute atomic E-state index is 0.171. The molecule has 0 amide bonds. The van der Waals surface area contributed by atoms with Crippen LogP contribution in [0, 0.1) is 0 Å². The van der Waals surface area contributed by atoms with Crippen molar-refractivity contribution in [2.45, 2.75) is 109 Å². The maximum Gasteiger partial charge on any atom is 0.144 e. The smallest absolute Gasteiger partial charge is 0.144 e. The van der Waals surface area contributed by atoms with Gasteiger partial charge >= 0.3 is 0 Å². The highest BCUT2D eigenvalue weighted by Crippen LogP contribution is 2.66. The standard InChI is InChI=1S/C95H73NO2/c1-91(2)71-45-38-56-37-36-54-24-14-15-25-60(54)80(56)82(71)69-51-75-68(50-76(69)91)61-42-39-57(46-72(61)92(75,3)4)96(59-41-44-64-74(48-59)95(9,10)87-83(64)85-66-28-18-21-31-79(66)98-90(85)86-62-26-16-19-29-70(62)94(7,8)88(86)87)58-40-43-63-73(47-58)93(5,6)77-49-67(55-34-32-53(33-35-55)52-22-12-11-13-23-52)89-84(81(63)77)65-27-17-20-30-78(65)97-89/h11-35,38-51H,36-37H2,1-10H3. The van der Waals surface area contributed by atoms with Gasteiger partial charge in [-0.15, -0.1) is 0 Å². The summed E-state index contributed by atoms with van der Waals surface area (Å²) in [5, 5.41) is 4.70. The molecule has 0 spiro atoms. The van der Waals surface area contributed by atoms with Gasteiger partial charge in [0.1, 0.15) is 22.3 Å². The van der Waals surface area contributed by atoms with Crippen LogP contribution in [0.25, 0.3) is 133 Å². The lowest BCUT2D eigenvalue weighted by molar-refractivity contribution is 0.600. The van der Waals surface area contributed by atoms with Gasteiger partial charge in [-0.2, -0.15) is 0 Å². The zero-order chi connectivity index (χ0) is 66.0. The minimum Gasteiger partial charge on any atom is -0.455 e. The van der Waals surface area contributed by atoms with Crippen molar-refractivity contribution in [2.24, 2.45) is 0 Å². The molecular formula is C95H73NO2. The van der Waals surface area contributed by atoms with Crippen molar-refractivity contribution in [3.8, 4) is 89.0 Å². The first kappa shape index (κ1) is 56.4. The number of nitrogens with zero attached hydrogens (tertiary/aromatic N) is 1. The van der Waals surface area contributed by atoms with Gasteiger partial charge in [-0.25, -0.2) is 0 Å². The monoisotopic (exact) mass is 1260 g/mol. The SMILES string of the molecule is CC1(C)c2cc(N(c3ccc4c(c3)C(C)(C)c3cc(-c5ccc(-c6ccccc6)cc5)c5oc6ccccc6c5c3-4)c3ccc4c(c3)C(C)(C)c3c5c(c6oc7ccccc7c6c3-4)-c3ccccc3C5(C)C)ccc2-c2cc3c(cc21)-c1c(ccc2c1-c1ccccc1CC2)C3(C)C. The van der Waals surface area contributed by atoms with E-state index in [-0.39, 0.29) is 16.2 Å². The first-order chi connectivity index (χ1) is 47.4. The maximum absolute atomic E-state index is 7.14. The molecule has 0 saturated heterocycles. The fourth-order valence-corrected chi connectivity index (χ4v) is 20.0. The van der Waals surface area contributed by atoms with E-state index in [4.69, 9.17) is 8.83 Å². The molecule has 3 nitrogen and oxygen atoms in total. The molecule has 0 aliphatic heterocycles. The third kappa shape index (κ3) is 7.09. The summed E-state index contributed by atoms with van der Waals surface area (Å²) in [6, 6.07) is 90.2. The van der Waals surface area contributed by atoms with E-state index in [0.717, 1.165) is 74.1 Å². The van der Waals surface area contributed by atoms with Crippen molar-refractivity contribution in [1.29, 1.82) is 0 Å². The van der Waals surface area contributed by atoms with Crippen LogP contribution in [0.2, 0.25) is 0 Å². The summed E-state index contributed by atoms with van der Waals surface area (Å²) in [6.07, 6.45) is 2.15. The molecule has 0 bridgehead atoms. The van der Waals surface area contributed by atoms with E-state index in [0.29, 0.717) is 0 Å². The molecule has 15 aromatic rings. The Morgan fingerprint density at radius 3 is 1.45 bits per heavy atom. The second kappa shape index (κ2) is 18.9. The molecule has 0 fully saturated rings. The van der Waals surface area contributed by atoms with Crippen molar-refractivity contribution in [3.05, 3.63) is 303 Å². The van der Waals surface area contributed by atoms with E-state index >= 15 is 0 Å². The Morgan fingerprint density at radius 2 is 0.735 bits per heavy atom. The topological polar surface area (TPSA) is 29.5 Å². The highest BCUT2D eigenvalue weighted by Gasteiger charge is 2.50. The van der Waals surface area contributed by atoms with Gasteiger partial charge in [-0.3, -0.25) is 0 Å². The van der Waals surface area contributed by atoms with Gasteiger partial charge in [0, 0.05) is 76.8 Å². The fourth-order valence-electron chi connectivity index (χ4n) is 20.0. The summed E-state index contributed by atoms with van der Waals surface area (Å²) in [5.41, 5.74) is 42.9. The lowest BCUT2D eigenvalue weighted by atomic mass is 9.72. The van der Waals surface area contributed by atoms with Crippen LogP contribution in [0.3, 0.4) is 0 Å². The molecule has 0 N–H and O–H groups in total. The summed E-state index contributed by atoms with van der Waals surface area (Å²) >= 11 is 0. The van der Waals surface area contributed by atoms with Gasteiger partial charge < -0.3 is 13.7 Å². The second-order valence-electron chi connectivity index (χ2n) is 31.7. The molecule has 0 atom stereocenters. The Morgan fingerprint density at radius 1 is 0.265 bits per heavy atom. The quantitative estimate of drug-likeness (QED) is 0.172. The Labute approximate surface area is 572 Å². The average Bonchev–Trinajstić information content (AvgIpc) is 1.51. The Balaban J connectivity index is 0.766. The van der Waals surface area contributed by atoms with E-state index in [9.17, 15) is 0 Å². The number of furan rings is 2. The molecule has 3 heteroatoms. The molecule has 6 aliphatic carbocycles. The third-order valence-electron chi connectivity index (χ3n) is 24.9. The van der Waals surface area contributed by atoms with Crippen LogP contribution in [0.15, 0.2) is 245 Å². The van der Waals surface area contributed by atoms with Gasteiger partial charge in [0.15, 0.2) is 0 Å². The first-order valence-corrected chi connectivity index (χ1v) is 35.3. The molecule has 21 rings (SSSR count). The Bertz CT molecular complexity index is 6130. The lowest BCUT2D eigenvalue weighted by Crippen LogP contribution is -2.24. The summed E-state index contributed by atoms with van der Waals surface area (Å²) in [6.45, 7) is 24.6. The molecule has 2 aromatic heterocycles. The van der Waals surface area contributed by atoms with Crippen molar-refractivity contribution in [2.75, 3.05) is 4.90 Å². The van der Waals surface area contributed by atoms with Crippen LogP contribution in [0.1, 0.15) is 136 Å². The lowest BCUT2D eigenvalue weighted by Gasteiger charge is -2.32. The predicted octanol–water partition coefficient (Wildman–Crippen LogP) is 25.6. The van der Waals surface area contributed by atoms with E-state index in [1.807, 2.05) is 0 Å². The number of fused-ring (bicyclic) bond motifs is 29. The summed E-state index contributed by atoms with van der Waals surface area (Å²) in [5.74, 6) is 0. The second-order valence-corrected chi connectivity index (χ2v) is 31.7. The molecule has 0 radical (unpaired) electrons. The fraction of sp³-hybridized carbons (Fsp3) is 0.179. The number of benzene rings is 13. The molecule has 2 heterocycles. The summed E-state index contributed by atoms with van der Waals surface area (Å²) in [4.78, 5) is 2.59. The highest BCUT2D eigenvalue weighted by molar-refractivity contribution is 6.22. The molecule has 98 heavy (non-hydrogen) atoms. The molecule has 470 valence electrons. The average molecular weight is 1260 g/mol. The number of aryl methyl sites for hydroxylation is 2. The number of hydrogen-bond donors (Lipinski definition) is 0. The Kier molecular flexibility index (Phi) is 10.9. The molecule has 6 aliphatic rings. The van der Waals surface area contributed by atoms with Crippen molar-refractivity contribution in [1.82, 2.24) is 0 Å². The van der Waals surface area contributed by atoms with Gasteiger partial charge in [0.25, 0.3) is 0 Å². The molecule has 0 unspecified atom stereocenters. The zero-order valence-corrected chi connectivity index (χ0v) is 57.2. The molecular weight excluding hydrogens is 1190 g/mol. The normalized spacial score (nSPS) is 16.4. The van der Waals surface area contributed by atoms with Crippen molar-refractivity contribution < 1.29 is 8.83 Å². The van der Waals surface area contributed by atoms with Crippen LogP contribution in [-0.2, 0) is 39.9 Å². The van der Waals surface area contributed by atoms with Gasteiger partial charge in [0.2, 0.25) is 0 Å². The van der Waals surface area contributed by atoms with Gasteiger partial charge in [-0.05, 0) is 224 Å². The van der Waals surface area contributed by atoms with E-state index in [1.165, 1.54) is 155 Å².